The number of carbonyl (C=O) groups is 1. The minimum atomic E-state index is -0.578. The molecule has 0 bridgehead atoms. The van der Waals surface area contributed by atoms with Crippen LogP contribution in [0.5, 0.6) is 0 Å². The first-order valence-corrected chi connectivity index (χ1v) is 9.74. The zero-order valence-corrected chi connectivity index (χ0v) is 16.6. The second kappa shape index (κ2) is 7.82. The molecule has 1 saturated heterocycles. The predicted molar refractivity (Wildman–Crippen MR) is 108 cm³/mol. The standard InChI is InChI=1S/C19H20ClFN6O2/c1-12-3-2-7-25(10-12)16-6-8-26-18(23-16)24-27(19(26)29)11-17(28)22-13-4-5-15(21)14(20)9-13/h4-6,8-9,12H,2-3,7,10-11H2,1H3,(H,22,28). The largest absolute Gasteiger partial charge is 0.356 e. The summed E-state index contributed by atoms with van der Waals surface area (Å²) >= 11 is 5.71. The Morgan fingerprint density at radius 1 is 1.38 bits per heavy atom. The van der Waals surface area contributed by atoms with Gasteiger partial charge in [-0.1, -0.05) is 18.5 Å². The van der Waals surface area contributed by atoms with Crippen molar-refractivity contribution < 1.29 is 9.18 Å². The molecule has 1 aliphatic heterocycles. The van der Waals surface area contributed by atoms with Gasteiger partial charge in [-0.2, -0.15) is 4.98 Å². The van der Waals surface area contributed by atoms with Crippen LogP contribution in [-0.2, 0) is 11.3 Å². The van der Waals surface area contributed by atoms with Gasteiger partial charge in [0.05, 0.1) is 5.02 Å². The number of hydrogen-bond donors (Lipinski definition) is 1. The van der Waals surface area contributed by atoms with E-state index in [4.69, 9.17) is 11.6 Å². The SMILES string of the molecule is CC1CCCN(c2ccn3c(=O)n(CC(=O)Nc4ccc(F)c(Cl)c4)nc3n2)C1. The first-order valence-electron chi connectivity index (χ1n) is 9.37. The van der Waals surface area contributed by atoms with E-state index in [0.717, 1.165) is 36.1 Å². The summed E-state index contributed by atoms with van der Waals surface area (Å²) in [4.78, 5) is 31.5. The van der Waals surface area contributed by atoms with Gasteiger partial charge in [0.1, 0.15) is 18.2 Å². The Kier molecular flexibility index (Phi) is 5.23. The number of carbonyl (C=O) groups excluding carboxylic acids is 1. The molecule has 152 valence electrons. The molecule has 0 aliphatic carbocycles. The number of rotatable bonds is 4. The van der Waals surface area contributed by atoms with Crippen molar-refractivity contribution in [2.24, 2.45) is 5.92 Å². The highest BCUT2D eigenvalue weighted by Gasteiger charge is 2.19. The van der Waals surface area contributed by atoms with Crippen LogP contribution in [0.4, 0.5) is 15.9 Å². The van der Waals surface area contributed by atoms with Crippen molar-refractivity contribution in [1.29, 1.82) is 0 Å². The van der Waals surface area contributed by atoms with Crippen molar-refractivity contribution in [2.45, 2.75) is 26.3 Å². The zero-order valence-electron chi connectivity index (χ0n) is 15.8. The third-order valence-corrected chi connectivity index (χ3v) is 5.21. The van der Waals surface area contributed by atoms with Crippen LogP contribution in [0.2, 0.25) is 5.02 Å². The van der Waals surface area contributed by atoms with E-state index >= 15 is 0 Å². The number of hydrogen-bond acceptors (Lipinski definition) is 5. The Morgan fingerprint density at radius 2 is 2.21 bits per heavy atom. The third-order valence-electron chi connectivity index (χ3n) is 4.92. The van der Waals surface area contributed by atoms with Crippen molar-refractivity contribution in [3.05, 3.63) is 51.8 Å². The normalized spacial score (nSPS) is 16.9. The van der Waals surface area contributed by atoms with Crippen LogP contribution >= 0.6 is 11.6 Å². The number of nitrogens with one attached hydrogen (secondary N) is 1. The molecule has 3 heterocycles. The van der Waals surface area contributed by atoms with E-state index in [0.29, 0.717) is 11.6 Å². The van der Waals surface area contributed by atoms with Crippen molar-refractivity contribution in [3.63, 3.8) is 0 Å². The highest BCUT2D eigenvalue weighted by Crippen LogP contribution is 2.21. The number of aromatic nitrogens is 4. The molecule has 29 heavy (non-hydrogen) atoms. The Morgan fingerprint density at radius 3 is 2.97 bits per heavy atom. The van der Waals surface area contributed by atoms with Crippen LogP contribution in [0.15, 0.2) is 35.3 Å². The van der Waals surface area contributed by atoms with Gasteiger partial charge in [0, 0.05) is 25.0 Å². The summed E-state index contributed by atoms with van der Waals surface area (Å²) in [5, 5.41) is 6.65. The highest BCUT2D eigenvalue weighted by molar-refractivity contribution is 6.31. The van der Waals surface area contributed by atoms with E-state index in [1.165, 1.54) is 23.0 Å². The average molecular weight is 419 g/mol. The van der Waals surface area contributed by atoms with E-state index in [9.17, 15) is 14.0 Å². The fourth-order valence-corrected chi connectivity index (χ4v) is 3.66. The summed E-state index contributed by atoms with van der Waals surface area (Å²) < 4.78 is 15.6. The van der Waals surface area contributed by atoms with E-state index in [-0.39, 0.29) is 17.3 Å². The lowest BCUT2D eigenvalue weighted by Crippen LogP contribution is -2.34. The Balaban J connectivity index is 1.53. The summed E-state index contributed by atoms with van der Waals surface area (Å²) in [5.74, 6) is 0.537. The predicted octanol–water partition coefficient (Wildman–Crippen LogP) is 2.56. The lowest BCUT2D eigenvalue weighted by Gasteiger charge is -2.31. The summed E-state index contributed by atoms with van der Waals surface area (Å²) in [6, 6.07) is 5.63. The van der Waals surface area contributed by atoms with Crippen LogP contribution in [0, 0.1) is 11.7 Å². The molecule has 1 amide bonds. The second-order valence-electron chi connectivity index (χ2n) is 7.27. The number of piperidine rings is 1. The topological polar surface area (TPSA) is 84.5 Å². The van der Waals surface area contributed by atoms with Gasteiger partial charge >= 0.3 is 5.69 Å². The molecule has 1 unspecified atom stereocenters. The molecule has 1 atom stereocenters. The first kappa shape index (κ1) is 19.4. The fraction of sp³-hybridized carbons (Fsp3) is 0.368. The fourth-order valence-electron chi connectivity index (χ4n) is 3.48. The van der Waals surface area contributed by atoms with Gasteiger partial charge < -0.3 is 10.2 Å². The molecule has 0 saturated carbocycles. The van der Waals surface area contributed by atoms with Crippen LogP contribution in [0.3, 0.4) is 0 Å². The van der Waals surface area contributed by atoms with Gasteiger partial charge in [-0.25, -0.2) is 18.3 Å². The van der Waals surface area contributed by atoms with Crippen molar-refractivity contribution in [3.8, 4) is 0 Å². The van der Waals surface area contributed by atoms with E-state index in [1.807, 2.05) is 0 Å². The molecule has 4 rings (SSSR count). The average Bonchev–Trinajstić information content (AvgIpc) is 2.99. The molecule has 1 N–H and O–H groups in total. The summed E-state index contributed by atoms with van der Waals surface area (Å²) in [7, 11) is 0. The van der Waals surface area contributed by atoms with Crippen LogP contribution in [-0.4, -0.2) is 38.2 Å². The van der Waals surface area contributed by atoms with Crippen LogP contribution < -0.4 is 15.9 Å². The Hall–Kier alpha value is -2.94. The molecule has 1 fully saturated rings. The zero-order chi connectivity index (χ0) is 20.5. The van der Waals surface area contributed by atoms with Crippen molar-refractivity contribution in [2.75, 3.05) is 23.3 Å². The van der Waals surface area contributed by atoms with Gasteiger partial charge in [-0.3, -0.25) is 4.79 Å². The minimum Gasteiger partial charge on any atom is -0.356 e. The maximum Gasteiger partial charge on any atom is 0.352 e. The smallest absolute Gasteiger partial charge is 0.352 e. The van der Waals surface area contributed by atoms with Gasteiger partial charge in [0.25, 0.3) is 5.78 Å². The van der Waals surface area contributed by atoms with Gasteiger partial charge in [-0.15, -0.1) is 5.10 Å². The molecular weight excluding hydrogens is 399 g/mol. The summed E-state index contributed by atoms with van der Waals surface area (Å²) in [6.07, 6.45) is 3.92. The number of halogens is 2. The molecule has 3 aromatic rings. The van der Waals surface area contributed by atoms with Crippen LogP contribution in [0.1, 0.15) is 19.8 Å². The number of fused-ring (bicyclic) bond motifs is 1. The lowest BCUT2D eigenvalue weighted by atomic mass is 10.0. The molecule has 8 nitrogen and oxygen atoms in total. The molecule has 0 radical (unpaired) electrons. The minimum absolute atomic E-state index is 0.101. The van der Waals surface area contributed by atoms with Crippen molar-refractivity contribution >= 4 is 34.8 Å². The van der Waals surface area contributed by atoms with Crippen molar-refractivity contribution in [1.82, 2.24) is 19.2 Å². The maximum atomic E-state index is 13.2. The number of anilines is 2. The quantitative estimate of drug-likeness (QED) is 0.704. The van der Waals surface area contributed by atoms with E-state index in [1.54, 1.807) is 12.3 Å². The molecule has 1 aliphatic rings. The van der Waals surface area contributed by atoms with Gasteiger partial charge in [0.2, 0.25) is 5.91 Å². The number of benzene rings is 1. The number of amides is 1. The van der Waals surface area contributed by atoms with Gasteiger partial charge in [-0.05, 0) is 43.0 Å². The Labute approximate surface area is 170 Å². The highest BCUT2D eigenvalue weighted by atomic mass is 35.5. The summed E-state index contributed by atoms with van der Waals surface area (Å²) in [6.45, 7) is 3.74. The molecule has 10 heteroatoms. The molecule has 0 spiro atoms. The first-order chi connectivity index (χ1) is 13.9. The molecule has 1 aromatic carbocycles. The summed E-state index contributed by atoms with van der Waals surface area (Å²) in [5.41, 5.74) is -0.129. The molecule has 2 aromatic heterocycles. The van der Waals surface area contributed by atoms with E-state index < -0.39 is 17.4 Å². The van der Waals surface area contributed by atoms with Crippen LogP contribution in [0.25, 0.3) is 5.78 Å². The Bertz CT molecular complexity index is 1130. The molecular formula is C19H20ClFN6O2. The monoisotopic (exact) mass is 418 g/mol. The maximum absolute atomic E-state index is 13.2. The lowest BCUT2D eigenvalue weighted by molar-refractivity contribution is -0.117. The van der Waals surface area contributed by atoms with E-state index in [2.05, 4.69) is 27.2 Å². The third kappa shape index (κ3) is 4.09. The second-order valence-corrected chi connectivity index (χ2v) is 7.67. The number of nitrogens with zero attached hydrogens (tertiary/aromatic N) is 5. The van der Waals surface area contributed by atoms with Gasteiger partial charge in [0.15, 0.2) is 0 Å².